The number of hydrogen-bond acceptors (Lipinski definition) is 2. The van der Waals surface area contributed by atoms with E-state index in [0.29, 0.717) is 0 Å². The third-order valence-corrected chi connectivity index (χ3v) is 3.30. The second-order valence-electron chi connectivity index (χ2n) is 4.28. The molecule has 4 nitrogen and oxygen atoms in total. The molecular formula is C13H15BrN2O2. The first kappa shape index (κ1) is 13.1. The molecule has 1 aromatic rings. The number of anilines is 1. The molecule has 2 atom stereocenters. The predicted octanol–water partition coefficient (Wildman–Crippen LogP) is 2.51. The Kier molecular flexibility index (Phi) is 4.38. The number of nitrogens with one attached hydrogen (secondary N) is 2. The SMILES string of the molecule is O=C(Nc1cccc(Br)c1)N[C@@H]1C=C[C@H](CO)C1. The van der Waals surface area contributed by atoms with Gasteiger partial charge >= 0.3 is 6.03 Å². The van der Waals surface area contributed by atoms with E-state index in [0.717, 1.165) is 16.6 Å². The van der Waals surface area contributed by atoms with Crippen LogP contribution in [0.3, 0.4) is 0 Å². The second kappa shape index (κ2) is 6.02. The fraction of sp³-hybridized carbons (Fsp3) is 0.308. The van der Waals surface area contributed by atoms with Gasteiger partial charge in [0.05, 0.1) is 0 Å². The Balaban J connectivity index is 1.84. The topological polar surface area (TPSA) is 61.4 Å². The number of amides is 2. The molecule has 0 heterocycles. The van der Waals surface area contributed by atoms with E-state index in [1.807, 2.05) is 36.4 Å². The number of aliphatic hydroxyl groups excluding tert-OH is 1. The number of rotatable bonds is 3. The van der Waals surface area contributed by atoms with E-state index < -0.39 is 0 Å². The Labute approximate surface area is 114 Å². The van der Waals surface area contributed by atoms with E-state index in [2.05, 4.69) is 26.6 Å². The molecule has 18 heavy (non-hydrogen) atoms. The quantitative estimate of drug-likeness (QED) is 0.751. The summed E-state index contributed by atoms with van der Waals surface area (Å²) < 4.78 is 0.918. The van der Waals surface area contributed by atoms with E-state index in [1.165, 1.54) is 0 Å². The molecule has 1 aliphatic carbocycles. The van der Waals surface area contributed by atoms with Crippen LogP contribution in [0, 0.1) is 5.92 Å². The van der Waals surface area contributed by atoms with Crippen molar-refractivity contribution in [2.24, 2.45) is 5.92 Å². The summed E-state index contributed by atoms with van der Waals surface area (Å²) >= 11 is 3.35. The molecule has 0 saturated heterocycles. The van der Waals surface area contributed by atoms with Gasteiger partial charge in [-0.1, -0.05) is 34.1 Å². The summed E-state index contributed by atoms with van der Waals surface area (Å²) in [5, 5.41) is 14.6. The standard InChI is InChI=1S/C13H15BrN2O2/c14-10-2-1-3-11(7-10)15-13(18)16-12-5-4-9(6-12)8-17/h1-5,7,9,12,17H,6,8H2,(H2,15,16,18)/t9-,12+/m0/s1. The van der Waals surface area contributed by atoms with Crippen molar-refractivity contribution >= 4 is 27.6 Å². The van der Waals surface area contributed by atoms with E-state index in [-0.39, 0.29) is 24.6 Å². The van der Waals surface area contributed by atoms with Crippen LogP contribution in [0.1, 0.15) is 6.42 Å². The predicted molar refractivity (Wildman–Crippen MR) is 74.4 cm³/mol. The van der Waals surface area contributed by atoms with Crippen LogP contribution in [0.2, 0.25) is 0 Å². The fourth-order valence-corrected chi connectivity index (χ4v) is 2.32. The highest BCUT2D eigenvalue weighted by Gasteiger charge is 2.19. The average molecular weight is 311 g/mol. The Morgan fingerprint density at radius 2 is 2.28 bits per heavy atom. The zero-order chi connectivity index (χ0) is 13.0. The molecule has 0 aromatic heterocycles. The molecule has 0 radical (unpaired) electrons. The summed E-state index contributed by atoms with van der Waals surface area (Å²) in [6.45, 7) is 0.127. The zero-order valence-corrected chi connectivity index (χ0v) is 11.4. The summed E-state index contributed by atoms with van der Waals surface area (Å²) in [5.41, 5.74) is 0.738. The molecule has 2 rings (SSSR count). The Morgan fingerprint density at radius 3 is 2.94 bits per heavy atom. The molecule has 0 aliphatic heterocycles. The maximum absolute atomic E-state index is 11.7. The molecule has 2 amide bonds. The number of benzene rings is 1. The summed E-state index contributed by atoms with van der Waals surface area (Å²) in [6, 6.07) is 7.17. The number of carbonyl (C=O) groups excluding carboxylic acids is 1. The Bertz CT molecular complexity index is 462. The molecule has 96 valence electrons. The lowest BCUT2D eigenvalue weighted by Gasteiger charge is -2.13. The molecule has 5 heteroatoms. The number of aliphatic hydroxyl groups is 1. The lowest BCUT2D eigenvalue weighted by Crippen LogP contribution is -2.36. The maximum atomic E-state index is 11.7. The van der Waals surface area contributed by atoms with Crippen molar-refractivity contribution in [3.63, 3.8) is 0 Å². The van der Waals surface area contributed by atoms with E-state index in [9.17, 15) is 4.79 Å². The van der Waals surface area contributed by atoms with Crippen molar-refractivity contribution in [3.8, 4) is 0 Å². The first-order chi connectivity index (χ1) is 8.67. The Hall–Kier alpha value is -1.33. The molecule has 1 aliphatic rings. The van der Waals surface area contributed by atoms with Gasteiger partial charge in [-0.2, -0.15) is 0 Å². The molecular weight excluding hydrogens is 296 g/mol. The summed E-state index contributed by atoms with van der Waals surface area (Å²) in [7, 11) is 0. The van der Waals surface area contributed by atoms with Crippen LogP contribution < -0.4 is 10.6 Å². The minimum absolute atomic E-state index is 0.00528. The van der Waals surface area contributed by atoms with Gasteiger partial charge in [0.1, 0.15) is 0 Å². The third kappa shape index (κ3) is 3.58. The number of carbonyl (C=O) groups is 1. The van der Waals surface area contributed by atoms with Crippen molar-refractivity contribution < 1.29 is 9.90 Å². The highest BCUT2D eigenvalue weighted by molar-refractivity contribution is 9.10. The largest absolute Gasteiger partial charge is 0.396 e. The van der Waals surface area contributed by atoms with Crippen molar-refractivity contribution in [1.82, 2.24) is 5.32 Å². The van der Waals surface area contributed by atoms with Crippen molar-refractivity contribution in [2.75, 3.05) is 11.9 Å². The van der Waals surface area contributed by atoms with E-state index in [1.54, 1.807) is 0 Å². The van der Waals surface area contributed by atoms with Crippen LogP contribution in [0.25, 0.3) is 0 Å². The monoisotopic (exact) mass is 310 g/mol. The van der Waals surface area contributed by atoms with E-state index in [4.69, 9.17) is 5.11 Å². The van der Waals surface area contributed by atoms with Crippen molar-refractivity contribution in [2.45, 2.75) is 12.5 Å². The van der Waals surface area contributed by atoms with Gasteiger partial charge in [0, 0.05) is 28.7 Å². The number of hydrogen-bond donors (Lipinski definition) is 3. The molecule has 3 N–H and O–H groups in total. The summed E-state index contributed by atoms with van der Waals surface area (Å²) in [4.78, 5) is 11.7. The van der Waals surface area contributed by atoms with Gasteiger partial charge in [0.25, 0.3) is 0 Å². The second-order valence-corrected chi connectivity index (χ2v) is 5.19. The zero-order valence-electron chi connectivity index (χ0n) is 9.77. The van der Waals surface area contributed by atoms with Crippen LogP contribution >= 0.6 is 15.9 Å². The first-order valence-electron chi connectivity index (χ1n) is 5.79. The minimum Gasteiger partial charge on any atom is -0.396 e. The molecule has 1 aromatic carbocycles. The molecule has 0 spiro atoms. The van der Waals surface area contributed by atoms with Crippen molar-refractivity contribution in [1.29, 1.82) is 0 Å². The third-order valence-electron chi connectivity index (χ3n) is 2.81. The maximum Gasteiger partial charge on any atom is 0.319 e. The van der Waals surface area contributed by atoms with Crippen LogP contribution in [0.15, 0.2) is 40.9 Å². The lowest BCUT2D eigenvalue weighted by atomic mass is 10.1. The fourth-order valence-electron chi connectivity index (χ4n) is 1.92. The number of halogens is 1. The highest BCUT2D eigenvalue weighted by Crippen LogP contribution is 2.18. The van der Waals surface area contributed by atoms with E-state index >= 15 is 0 Å². The Morgan fingerprint density at radius 1 is 1.44 bits per heavy atom. The van der Waals surface area contributed by atoms with Gasteiger partial charge in [-0.3, -0.25) is 0 Å². The highest BCUT2D eigenvalue weighted by atomic mass is 79.9. The molecule has 0 unspecified atom stereocenters. The van der Waals surface area contributed by atoms with Crippen LogP contribution in [0.4, 0.5) is 10.5 Å². The smallest absolute Gasteiger partial charge is 0.319 e. The lowest BCUT2D eigenvalue weighted by molar-refractivity contribution is 0.238. The molecule has 0 fully saturated rings. The van der Waals surface area contributed by atoms with Gasteiger partial charge in [-0.05, 0) is 24.6 Å². The number of urea groups is 1. The van der Waals surface area contributed by atoms with Crippen LogP contribution in [0.5, 0.6) is 0 Å². The normalized spacial score (nSPS) is 21.9. The van der Waals surface area contributed by atoms with Gasteiger partial charge in [-0.15, -0.1) is 0 Å². The summed E-state index contributed by atoms with van der Waals surface area (Å²) in [6.07, 6.45) is 4.60. The van der Waals surface area contributed by atoms with Gasteiger partial charge in [0.15, 0.2) is 0 Å². The van der Waals surface area contributed by atoms with Crippen LogP contribution in [-0.4, -0.2) is 23.8 Å². The molecule has 0 saturated carbocycles. The van der Waals surface area contributed by atoms with Gasteiger partial charge < -0.3 is 15.7 Å². The van der Waals surface area contributed by atoms with Gasteiger partial charge in [0.2, 0.25) is 0 Å². The first-order valence-corrected chi connectivity index (χ1v) is 6.59. The summed E-state index contributed by atoms with van der Waals surface area (Å²) in [5.74, 6) is 0.154. The minimum atomic E-state index is -0.235. The van der Waals surface area contributed by atoms with Crippen LogP contribution in [-0.2, 0) is 0 Å². The molecule has 0 bridgehead atoms. The van der Waals surface area contributed by atoms with Crippen molar-refractivity contribution in [3.05, 3.63) is 40.9 Å². The van der Waals surface area contributed by atoms with Gasteiger partial charge in [-0.25, -0.2) is 4.79 Å². The average Bonchev–Trinajstić information content (AvgIpc) is 2.76.